The third kappa shape index (κ3) is 6.21. The Labute approximate surface area is 190 Å². The fourth-order valence-electron chi connectivity index (χ4n) is 3.98. The molecule has 0 bridgehead atoms. The van der Waals surface area contributed by atoms with Crippen LogP contribution in [0.25, 0.3) is 0 Å². The van der Waals surface area contributed by atoms with Gasteiger partial charge in [0.15, 0.2) is 15.7 Å². The fraction of sp³-hybridized carbons (Fsp3) is 0.450. The second kappa shape index (κ2) is 10.0. The van der Waals surface area contributed by atoms with Gasteiger partial charge in [0.1, 0.15) is 5.15 Å². The summed E-state index contributed by atoms with van der Waals surface area (Å²) in [5.41, 5.74) is 0.775. The van der Waals surface area contributed by atoms with Crippen LogP contribution in [0.3, 0.4) is 0 Å². The van der Waals surface area contributed by atoms with E-state index in [0.717, 1.165) is 24.7 Å². The summed E-state index contributed by atoms with van der Waals surface area (Å²) in [7, 11) is -3.46. The van der Waals surface area contributed by atoms with Crippen molar-refractivity contribution in [3.05, 3.63) is 51.2 Å². The van der Waals surface area contributed by atoms with Gasteiger partial charge in [-0.2, -0.15) is 4.91 Å². The monoisotopic (exact) mass is 484 g/mol. The van der Waals surface area contributed by atoms with Gasteiger partial charge in [-0.05, 0) is 55.2 Å². The van der Waals surface area contributed by atoms with Crippen molar-refractivity contribution >= 4 is 44.8 Å². The smallest absolute Gasteiger partial charge is 0.226 e. The highest BCUT2D eigenvalue weighted by Crippen LogP contribution is 2.40. The highest BCUT2D eigenvalue weighted by Gasteiger charge is 2.31. The summed E-state index contributed by atoms with van der Waals surface area (Å²) in [6.45, 7) is 0. The number of aromatic nitrogens is 2. The summed E-state index contributed by atoms with van der Waals surface area (Å²) in [6, 6.07) is 4.58. The van der Waals surface area contributed by atoms with Crippen LogP contribution in [0.1, 0.15) is 43.6 Å². The van der Waals surface area contributed by atoms with Crippen LogP contribution < -0.4 is 5.32 Å². The molecule has 1 aliphatic rings. The molecule has 1 aromatic heterocycles. The first-order chi connectivity index (χ1) is 14.7. The van der Waals surface area contributed by atoms with Gasteiger partial charge < -0.3 is 5.32 Å². The minimum absolute atomic E-state index is 0.0476. The second-order valence-corrected chi connectivity index (χ2v) is 10.5. The maximum absolute atomic E-state index is 12.7. The first-order valence-corrected chi connectivity index (χ1v) is 12.4. The lowest BCUT2D eigenvalue weighted by Crippen LogP contribution is -2.26. The number of carbonyl (C=O) groups is 1. The molecule has 1 heterocycles. The van der Waals surface area contributed by atoms with E-state index in [-0.39, 0.29) is 51.1 Å². The number of rotatable bonds is 7. The molecule has 1 saturated carbocycles. The average molecular weight is 485 g/mol. The van der Waals surface area contributed by atoms with Crippen LogP contribution in [0.4, 0.5) is 5.82 Å². The third-order valence-corrected chi connectivity index (χ3v) is 7.31. The van der Waals surface area contributed by atoms with Gasteiger partial charge in [0, 0.05) is 12.7 Å². The zero-order valence-electron chi connectivity index (χ0n) is 16.8. The van der Waals surface area contributed by atoms with E-state index < -0.39 is 9.84 Å². The topological polar surface area (TPSA) is 118 Å². The molecular weight excluding hydrogens is 463 g/mol. The highest BCUT2D eigenvalue weighted by atomic mass is 35.5. The van der Waals surface area contributed by atoms with Crippen LogP contribution in [0.5, 0.6) is 0 Å². The van der Waals surface area contributed by atoms with Gasteiger partial charge in [-0.25, -0.2) is 18.4 Å². The van der Waals surface area contributed by atoms with Crippen molar-refractivity contribution in [3.63, 3.8) is 0 Å². The van der Waals surface area contributed by atoms with E-state index in [2.05, 4.69) is 20.5 Å². The van der Waals surface area contributed by atoms with Crippen molar-refractivity contribution in [3.8, 4) is 0 Å². The SMILES string of the molecule is CS(=O)(=O)c1ccc(C(CC(=O)Nc2cnc(Cl)cn2)C2CCC(N=O)CC2)cc1Cl. The van der Waals surface area contributed by atoms with E-state index in [4.69, 9.17) is 23.2 Å². The van der Waals surface area contributed by atoms with Crippen LogP contribution in [-0.4, -0.2) is 36.6 Å². The molecule has 11 heteroatoms. The van der Waals surface area contributed by atoms with Gasteiger partial charge in [-0.3, -0.25) is 4.79 Å². The summed E-state index contributed by atoms with van der Waals surface area (Å²) in [5, 5.41) is 6.20. The zero-order valence-corrected chi connectivity index (χ0v) is 19.1. The fourth-order valence-corrected chi connectivity index (χ4v) is 5.42. The number of sulfone groups is 1. The van der Waals surface area contributed by atoms with E-state index in [1.165, 1.54) is 18.5 Å². The first kappa shape index (κ1) is 23.6. The van der Waals surface area contributed by atoms with E-state index in [1.807, 2.05) is 0 Å². The van der Waals surface area contributed by atoms with Crippen molar-refractivity contribution in [1.29, 1.82) is 0 Å². The van der Waals surface area contributed by atoms with Gasteiger partial charge in [0.25, 0.3) is 0 Å². The Morgan fingerprint density at radius 2 is 1.90 bits per heavy atom. The number of halogens is 2. The Morgan fingerprint density at radius 3 is 2.45 bits per heavy atom. The number of carbonyl (C=O) groups excluding carboxylic acids is 1. The first-order valence-electron chi connectivity index (χ1n) is 9.76. The third-order valence-electron chi connectivity index (χ3n) is 5.54. The number of nitrogens with zero attached hydrogens (tertiary/aromatic N) is 3. The summed E-state index contributed by atoms with van der Waals surface area (Å²) >= 11 is 12.0. The largest absolute Gasteiger partial charge is 0.309 e. The van der Waals surface area contributed by atoms with E-state index in [1.54, 1.807) is 12.1 Å². The molecule has 1 atom stereocenters. The van der Waals surface area contributed by atoms with Crippen LogP contribution in [0, 0.1) is 10.8 Å². The maximum Gasteiger partial charge on any atom is 0.226 e. The molecule has 3 rings (SSSR count). The van der Waals surface area contributed by atoms with Crippen LogP contribution in [0.2, 0.25) is 10.2 Å². The van der Waals surface area contributed by atoms with Gasteiger partial charge >= 0.3 is 0 Å². The van der Waals surface area contributed by atoms with Gasteiger partial charge in [-0.15, -0.1) is 0 Å². The average Bonchev–Trinajstić information content (AvgIpc) is 2.73. The van der Waals surface area contributed by atoms with Gasteiger partial charge in [0.2, 0.25) is 5.91 Å². The molecule has 8 nitrogen and oxygen atoms in total. The Kier molecular flexibility index (Phi) is 7.61. The number of benzene rings is 1. The standard InChI is InChI=1S/C20H22Cl2N4O4S/c1-31(29,30)17-7-4-13(8-16(17)21)15(12-2-5-14(26-28)6-3-12)9-20(27)25-19-11-23-18(22)10-24-19/h4,7-8,10-12,14-15H,2-3,5-6,9H2,1H3,(H,24,25,27). The van der Waals surface area contributed by atoms with Crippen LogP contribution in [0.15, 0.2) is 40.7 Å². The number of nitrogens with one attached hydrogen (secondary N) is 1. The Bertz CT molecular complexity index is 1060. The minimum atomic E-state index is -3.46. The van der Waals surface area contributed by atoms with E-state index in [9.17, 15) is 18.1 Å². The normalized spacial score (nSPS) is 20.1. The molecule has 1 unspecified atom stereocenters. The van der Waals surface area contributed by atoms with Gasteiger partial charge in [-0.1, -0.05) is 34.4 Å². The zero-order chi connectivity index (χ0) is 22.6. The van der Waals surface area contributed by atoms with E-state index in [0.29, 0.717) is 12.8 Å². The lowest BCUT2D eigenvalue weighted by atomic mass is 9.74. The molecule has 0 aliphatic heterocycles. The molecule has 1 amide bonds. The van der Waals surface area contributed by atoms with Crippen molar-refractivity contribution in [2.24, 2.45) is 11.1 Å². The molecule has 0 spiro atoms. The Hall–Kier alpha value is -2.10. The summed E-state index contributed by atoms with van der Waals surface area (Å²) in [4.78, 5) is 31.6. The molecule has 1 aromatic carbocycles. The number of hydrogen-bond acceptors (Lipinski definition) is 7. The Morgan fingerprint density at radius 1 is 1.19 bits per heavy atom. The lowest BCUT2D eigenvalue weighted by Gasteiger charge is -2.32. The number of amides is 1. The van der Waals surface area contributed by atoms with Crippen LogP contribution in [-0.2, 0) is 14.6 Å². The minimum Gasteiger partial charge on any atom is -0.309 e. The predicted molar refractivity (Wildman–Crippen MR) is 119 cm³/mol. The lowest BCUT2D eigenvalue weighted by molar-refractivity contribution is -0.116. The quantitative estimate of drug-likeness (QED) is 0.572. The molecular formula is C20H22Cl2N4O4S. The second-order valence-electron chi connectivity index (χ2n) is 7.72. The summed E-state index contributed by atoms with van der Waals surface area (Å²) < 4.78 is 23.8. The summed E-state index contributed by atoms with van der Waals surface area (Å²) in [6.07, 6.45) is 6.73. The molecule has 166 valence electrons. The number of anilines is 1. The molecule has 31 heavy (non-hydrogen) atoms. The predicted octanol–water partition coefficient (Wildman–Crippen LogP) is 4.62. The highest BCUT2D eigenvalue weighted by molar-refractivity contribution is 7.90. The molecule has 1 N–H and O–H groups in total. The van der Waals surface area contributed by atoms with E-state index >= 15 is 0 Å². The molecule has 1 aliphatic carbocycles. The van der Waals surface area contributed by atoms with Crippen molar-refractivity contribution < 1.29 is 13.2 Å². The molecule has 0 radical (unpaired) electrons. The van der Waals surface area contributed by atoms with Gasteiger partial charge in [0.05, 0.1) is 28.4 Å². The number of nitroso groups, excluding NO2 is 1. The van der Waals surface area contributed by atoms with Crippen molar-refractivity contribution in [1.82, 2.24) is 9.97 Å². The molecule has 1 fully saturated rings. The van der Waals surface area contributed by atoms with Crippen LogP contribution >= 0.6 is 23.2 Å². The van der Waals surface area contributed by atoms with Crippen molar-refractivity contribution in [2.45, 2.75) is 49.0 Å². The van der Waals surface area contributed by atoms with Crippen molar-refractivity contribution in [2.75, 3.05) is 11.6 Å². The molecule has 0 saturated heterocycles. The maximum atomic E-state index is 12.7. The Balaban J connectivity index is 1.84. The molecule has 2 aromatic rings. The number of hydrogen-bond donors (Lipinski definition) is 1. The summed E-state index contributed by atoms with van der Waals surface area (Å²) in [5.74, 6) is -0.0628.